The smallest absolute Gasteiger partial charge is 0.382 e. The minimum absolute atomic E-state index is 0.640. The lowest BCUT2D eigenvalue weighted by molar-refractivity contribution is -0.417. The fourth-order valence-corrected chi connectivity index (χ4v) is 6.21. The van der Waals surface area contributed by atoms with Gasteiger partial charge in [0.15, 0.2) is 0 Å². The van der Waals surface area contributed by atoms with Crippen LogP contribution in [0.4, 0.5) is 57.1 Å². The van der Waals surface area contributed by atoms with Gasteiger partial charge in [0.1, 0.15) is 0 Å². The molecular weight excluding hydrogens is 463 g/mol. The zero-order chi connectivity index (χ0) is 22.3. The summed E-state index contributed by atoms with van der Waals surface area (Å²) in [6, 6.07) is 0. The Balaban J connectivity index is 7.47. The number of halogens is 14. The topological polar surface area (TPSA) is 18.5 Å². The van der Waals surface area contributed by atoms with Crippen molar-refractivity contribution < 1.29 is 65.9 Å². The lowest BCUT2D eigenvalue weighted by Crippen LogP contribution is -2.75. The maximum Gasteiger partial charge on any atom is 0.475 e. The van der Waals surface area contributed by atoms with Crippen molar-refractivity contribution in [2.24, 2.45) is 0 Å². The SMILES string of the molecule is CCO[Si](Cl)(OCC)C(C(F)(F)F)(C(F)(F)F)C(F)(F)C(F)(F)C(F)(F)F. The van der Waals surface area contributed by atoms with Crippen molar-refractivity contribution in [2.45, 2.75) is 49.3 Å². The molecule has 164 valence electrons. The van der Waals surface area contributed by atoms with Gasteiger partial charge in [-0.1, -0.05) is 11.1 Å². The Morgan fingerprint density at radius 2 is 0.889 bits per heavy atom. The molecule has 0 aliphatic rings. The summed E-state index contributed by atoms with van der Waals surface area (Å²) in [5, 5.41) is -7.17. The number of alkyl halides is 13. The second-order valence-electron chi connectivity index (χ2n) is 4.79. The summed E-state index contributed by atoms with van der Waals surface area (Å²) < 4.78 is 179. The molecule has 0 heterocycles. The van der Waals surface area contributed by atoms with Gasteiger partial charge in [-0.05, 0) is 13.8 Å². The molecule has 2 nitrogen and oxygen atoms in total. The van der Waals surface area contributed by atoms with Crippen molar-refractivity contribution in [1.29, 1.82) is 0 Å². The van der Waals surface area contributed by atoms with Gasteiger partial charge in [0.25, 0.3) is 5.04 Å². The summed E-state index contributed by atoms with van der Waals surface area (Å²) in [5.41, 5.74) is 0. The van der Waals surface area contributed by atoms with Crippen LogP contribution >= 0.6 is 11.1 Å². The first-order chi connectivity index (χ1) is 11.6. The highest BCUT2D eigenvalue weighted by Gasteiger charge is 3.00. The Morgan fingerprint density at radius 1 is 0.593 bits per heavy atom. The van der Waals surface area contributed by atoms with Crippen LogP contribution in [0.2, 0.25) is 5.04 Å². The molecule has 27 heavy (non-hydrogen) atoms. The third-order valence-corrected chi connectivity index (χ3v) is 7.78. The molecule has 0 unspecified atom stereocenters. The first-order valence-corrected chi connectivity index (χ1v) is 9.37. The largest absolute Gasteiger partial charge is 0.475 e. The highest BCUT2D eigenvalue weighted by molar-refractivity contribution is 7.15. The van der Waals surface area contributed by atoms with Gasteiger partial charge in [-0.3, -0.25) is 0 Å². The summed E-state index contributed by atoms with van der Waals surface area (Å²) >= 11 is 4.95. The number of hydrogen-bond acceptors (Lipinski definition) is 2. The van der Waals surface area contributed by atoms with E-state index >= 15 is 0 Å². The number of hydrogen-bond donors (Lipinski definition) is 0. The van der Waals surface area contributed by atoms with Crippen LogP contribution in [-0.4, -0.2) is 51.5 Å². The number of rotatable bonds is 7. The second-order valence-corrected chi connectivity index (χ2v) is 8.69. The minimum Gasteiger partial charge on any atom is -0.382 e. The molecule has 0 aromatic carbocycles. The van der Waals surface area contributed by atoms with Crippen LogP contribution in [0.25, 0.3) is 0 Å². The highest BCUT2D eigenvalue weighted by Crippen LogP contribution is 2.74. The summed E-state index contributed by atoms with van der Waals surface area (Å²) in [6.45, 7) is -1.31. The van der Waals surface area contributed by atoms with Gasteiger partial charge in [-0.25, -0.2) is 0 Å². The van der Waals surface area contributed by atoms with Crippen molar-refractivity contribution in [1.82, 2.24) is 0 Å². The van der Waals surface area contributed by atoms with Crippen LogP contribution < -0.4 is 0 Å². The molecule has 0 aromatic heterocycles. The van der Waals surface area contributed by atoms with Crippen molar-refractivity contribution in [3.63, 3.8) is 0 Å². The predicted molar refractivity (Wildman–Crippen MR) is 65.6 cm³/mol. The average Bonchev–Trinajstić information content (AvgIpc) is 2.33. The Hall–Kier alpha value is -0.483. The molecule has 0 aliphatic carbocycles. The van der Waals surface area contributed by atoms with Crippen molar-refractivity contribution >= 4 is 18.9 Å². The normalized spacial score (nSPS) is 16.0. The van der Waals surface area contributed by atoms with E-state index in [0.29, 0.717) is 13.8 Å². The van der Waals surface area contributed by atoms with Gasteiger partial charge in [-0.15, -0.1) is 0 Å². The van der Waals surface area contributed by atoms with Crippen LogP contribution in [0.1, 0.15) is 13.8 Å². The molecule has 0 aliphatic heterocycles. The molecule has 0 saturated heterocycles. The van der Waals surface area contributed by atoms with Gasteiger partial charge >= 0.3 is 38.2 Å². The molecule has 0 radical (unpaired) electrons. The molecule has 17 heteroatoms. The predicted octanol–water partition coefficient (Wildman–Crippen LogP) is 5.94. The van der Waals surface area contributed by atoms with E-state index in [-0.39, 0.29) is 0 Å². The summed E-state index contributed by atoms with van der Waals surface area (Å²) in [6.07, 6.45) is -22.5. The van der Waals surface area contributed by atoms with Gasteiger partial charge in [0, 0.05) is 13.2 Å². The van der Waals surface area contributed by atoms with Crippen molar-refractivity contribution in [3.8, 4) is 0 Å². The van der Waals surface area contributed by atoms with E-state index in [9.17, 15) is 57.1 Å². The lowest BCUT2D eigenvalue weighted by atomic mass is 9.92. The van der Waals surface area contributed by atoms with E-state index in [1.54, 1.807) is 0 Å². The fourth-order valence-electron chi connectivity index (χ4n) is 2.09. The standard InChI is InChI=1S/C10H10ClF13O2Si/c1-3-25-27(11,26-4-2)5(8(16,17)18,9(19,20)21)6(12,13)7(14,15)10(22,23)24/h3-4H2,1-2H3. The molecule has 0 saturated carbocycles. The van der Waals surface area contributed by atoms with Crippen LogP contribution in [0.15, 0.2) is 0 Å². The van der Waals surface area contributed by atoms with Gasteiger partial charge in [0.2, 0.25) is 0 Å². The quantitative estimate of drug-likeness (QED) is 0.260. The zero-order valence-electron chi connectivity index (χ0n) is 13.0. The highest BCUT2D eigenvalue weighted by atomic mass is 35.6. The molecule has 0 rings (SSSR count). The van der Waals surface area contributed by atoms with Crippen LogP contribution in [0.3, 0.4) is 0 Å². The maximum absolute atomic E-state index is 14.0. The van der Waals surface area contributed by atoms with E-state index < -0.39 is 56.5 Å². The Kier molecular flexibility index (Phi) is 7.27. The van der Waals surface area contributed by atoms with Gasteiger partial charge < -0.3 is 8.85 Å². The van der Waals surface area contributed by atoms with E-state index in [1.165, 1.54) is 0 Å². The van der Waals surface area contributed by atoms with E-state index in [1.807, 2.05) is 0 Å². The average molecular weight is 473 g/mol. The van der Waals surface area contributed by atoms with Crippen LogP contribution in [0.5, 0.6) is 0 Å². The van der Waals surface area contributed by atoms with Crippen molar-refractivity contribution in [3.05, 3.63) is 0 Å². The van der Waals surface area contributed by atoms with E-state index in [0.717, 1.165) is 0 Å². The van der Waals surface area contributed by atoms with Gasteiger partial charge in [-0.2, -0.15) is 57.1 Å². The first kappa shape index (κ1) is 26.5. The lowest BCUT2D eigenvalue weighted by Gasteiger charge is -2.49. The van der Waals surface area contributed by atoms with Crippen LogP contribution in [0, 0.1) is 0 Å². The zero-order valence-corrected chi connectivity index (χ0v) is 14.8. The van der Waals surface area contributed by atoms with Gasteiger partial charge in [0.05, 0.1) is 0 Å². The molecule has 0 fully saturated rings. The maximum atomic E-state index is 14.0. The fraction of sp³-hybridized carbons (Fsp3) is 1.00. The molecule has 0 bridgehead atoms. The summed E-state index contributed by atoms with van der Waals surface area (Å²) in [4.78, 5) is 0. The molecule has 0 spiro atoms. The third kappa shape index (κ3) is 3.73. The van der Waals surface area contributed by atoms with Crippen molar-refractivity contribution in [2.75, 3.05) is 13.2 Å². The monoisotopic (exact) mass is 472 g/mol. The Labute approximate surface area is 148 Å². The van der Waals surface area contributed by atoms with Crippen LogP contribution in [-0.2, 0) is 8.85 Å². The summed E-state index contributed by atoms with van der Waals surface area (Å²) in [5.74, 6) is -15.7. The molecule has 0 N–H and O–H groups in total. The minimum atomic E-state index is -7.88. The molecular formula is C10H10ClF13O2Si. The van der Waals surface area contributed by atoms with E-state index in [2.05, 4.69) is 8.85 Å². The Bertz CT molecular complexity index is 493. The van der Waals surface area contributed by atoms with E-state index in [4.69, 9.17) is 11.1 Å². The first-order valence-electron chi connectivity index (χ1n) is 6.55. The molecule has 0 aromatic rings. The molecule has 0 atom stereocenters. The molecule has 0 amide bonds. The Morgan fingerprint density at radius 3 is 1.07 bits per heavy atom. The third-order valence-electron chi connectivity index (χ3n) is 3.18. The summed E-state index contributed by atoms with van der Waals surface area (Å²) in [7, 11) is -7.13. The second kappa shape index (κ2) is 7.40.